The molecule has 0 aliphatic carbocycles. The molecular weight excluding hydrogens is 194 g/mol. The van der Waals surface area contributed by atoms with E-state index in [0.717, 1.165) is 6.61 Å². The molecule has 1 N–H and O–H groups in total. The number of hydrogen-bond donors (Lipinski definition) is 1. The largest absolute Gasteiger partial charge is 0.385 e. The lowest BCUT2D eigenvalue weighted by Gasteiger charge is -2.08. The van der Waals surface area contributed by atoms with Gasteiger partial charge in [-0.3, -0.25) is 0 Å². The van der Waals surface area contributed by atoms with E-state index >= 15 is 0 Å². The maximum atomic E-state index is 4.99. The van der Waals surface area contributed by atoms with Gasteiger partial charge in [-0.15, -0.1) is 0 Å². The van der Waals surface area contributed by atoms with Gasteiger partial charge in [-0.1, -0.05) is 6.42 Å². The van der Waals surface area contributed by atoms with Crippen LogP contribution < -0.4 is 5.32 Å². The zero-order valence-electron chi connectivity index (χ0n) is 9.84. The maximum Gasteiger partial charge on any atom is 0.0470 e. The molecule has 0 radical (unpaired) electrons. The monoisotopic (exact) mass is 219 g/mol. The molecule has 86 valence electrons. The summed E-state index contributed by atoms with van der Waals surface area (Å²) in [7, 11) is 3.80. The van der Waals surface area contributed by atoms with Crippen molar-refractivity contribution in [3.05, 3.63) is 0 Å². The van der Waals surface area contributed by atoms with Crippen LogP contribution in [-0.2, 0) is 4.74 Å². The highest BCUT2D eigenvalue weighted by Gasteiger charge is 1.97. The molecule has 1 unspecified atom stereocenters. The molecule has 14 heavy (non-hydrogen) atoms. The Morgan fingerprint density at radius 1 is 1.21 bits per heavy atom. The van der Waals surface area contributed by atoms with E-state index in [0.29, 0.717) is 6.04 Å². The Kier molecular flexibility index (Phi) is 11.6. The molecule has 3 heteroatoms. The summed E-state index contributed by atoms with van der Waals surface area (Å²) in [6, 6.07) is 0.675. The molecule has 0 aliphatic heterocycles. The summed E-state index contributed by atoms with van der Waals surface area (Å²) >= 11 is 2.05. The molecule has 0 amide bonds. The first kappa shape index (κ1) is 14.3. The average Bonchev–Trinajstić information content (AvgIpc) is 2.21. The number of nitrogens with one attached hydrogen (secondary N) is 1. The topological polar surface area (TPSA) is 21.3 Å². The third-order valence-corrected chi connectivity index (χ3v) is 3.46. The lowest BCUT2D eigenvalue weighted by molar-refractivity contribution is 0.200. The summed E-state index contributed by atoms with van der Waals surface area (Å²) in [5, 5.41) is 3.26. The van der Waals surface area contributed by atoms with Gasteiger partial charge in [-0.05, 0) is 44.7 Å². The summed E-state index contributed by atoms with van der Waals surface area (Å²) in [5.74, 6) is 2.55. The molecule has 1 atom stereocenters. The molecule has 0 aliphatic rings. The van der Waals surface area contributed by atoms with Gasteiger partial charge in [-0.2, -0.15) is 11.8 Å². The van der Waals surface area contributed by atoms with Gasteiger partial charge in [0.25, 0.3) is 0 Å². The van der Waals surface area contributed by atoms with Gasteiger partial charge in [0.05, 0.1) is 0 Å². The summed E-state index contributed by atoms with van der Waals surface area (Å²) in [4.78, 5) is 0. The van der Waals surface area contributed by atoms with Crippen molar-refractivity contribution in [2.24, 2.45) is 0 Å². The predicted octanol–water partition coefficient (Wildman–Crippen LogP) is 2.53. The second-order valence-corrected chi connectivity index (χ2v) is 4.87. The highest BCUT2D eigenvalue weighted by atomic mass is 32.2. The molecule has 0 aromatic rings. The highest BCUT2D eigenvalue weighted by molar-refractivity contribution is 7.99. The molecule has 2 nitrogen and oxygen atoms in total. The lowest BCUT2D eigenvalue weighted by Crippen LogP contribution is -2.20. The Morgan fingerprint density at radius 3 is 2.57 bits per heavy atom. The Hall–Kier alpha value is 0.270. The first-order chi connectivity index (χ1) is 6.81. The van der Waals surface area contributed by atoms with E-state index in [2.05, 4.69) is 24.0 Å². The van der Waals surface area contributed by atoms with E-state index in [4.69, 9.17) is 4.74 Å². The summed E-state index contributed by atoms with van der Waals surface area (Å²) in [6.07, 6.45) is 5.19. The Morgan fingerprint density at radius 2 is 1.93 bits per heavy atom. The Labute approximate surface area is 93.2 Å². The van der Waals surface area contributed by atoms with Crippen LogP contribution in [0.3, 0.4) is 0 Å². The van der Waals surface area contributed by atoms with Crippen molar-refractivity contribution < 1.29 is 4.74 Å². The van der Waals surface area contributed by atoms with Gasteiger partial charge in [-0.25, -0.2) is 0 Å². The number of rotatable bonds is 10. The number of hydrogen-bond acceptors (Lipinski definition) is 3. The van der Waals surface area contributed by atoms with Crippen LogP contribution in [0.1, 0.15) is 32.6 Å². The van der Waals surface area contributed by atoms with E-state index in [-0.39, 0.29) is 0 Å². The van der Waals surface area contributed by atoms with Crippen molar-refractivity contribution in [3.8, 4) is 0 Å². The smallest absolute Gasteiger partial charge is 0.0470 e. The van der Waals surface area contributed by atoms with Crippen LogP contribution in [0.5, 0.6) is 0 Å². The minimum Gasteiger partial charge on any atom is -0.385 e. The number of ether oxygens (including phenoxy) is 1. The van der Waals surface area contributed by atoms with Crippen LogP contribution in [0.25, 0.3) is 0 Å². The molecule has 0 bridgehead atoms. The second kappa shape index (κ2) is 11.3. The van der Waals surface area contributed by atoms with Crippen molar-refractivity contribution in [2.75, 3.05) is 32.3 Å². The molecule has 0 fully saturated rings. The predicted molar refractivity (Wildman–Crippen MR) is 66.2 cm³/mol. The quantitative estimate of drug-likeness (QED) is 0.571. The van der Waals surface area contributed by atoms with Crippen LogP contribution in [0.15, 0.2) is 0 Å². The fourth-order valence-electron chi connectivity index (χ4n) is 1.21. The van der Waals surface area contributed by atoms with Crippen LogP contribution >= 0.6 is 11.8 Å². The fraction of sp³-hybridized carbons (Fsp3) is 1.00. The standard InChI is InChI=1S/C11H25NOS/c1-11(12-2)7-4-5-9-14-10-6-8-13-3/h11-12H,4-10H2,1-3H3. The zero-order chi connectivity index (χ0) is 10.6. The van der Waals surface area contributed by atoms with Crippen molar-refractivity contribution >= 4 is 11.8 Å². The molecule has 0 saturated carbocycles. The van der Waals surface area contributed by atoms with Crippen molar-refractivity contribution in [1.82, 2.24) is 5.32 Å². The highest BCUT2D eigenvalue weighted by Crippen LogP contribution is 2.08. The third-order valence-electron chi connectivity index (χ3n) is 2.31. The molecule has 0 saturated heterocycles. The maximum absolute atomic E-state index is 4.99. The molecule has 0 aromatic carbocycles. The number of thioether (sulfide) groups is 1. The molecule has 0 heterocycles. The van der Waals surface area contributed by atoms with Crippen molar-refractivity contribution in [1.29, 1.82) is 0 Å². The molecule has 0 rings (SSSR count). The van der Waals surface area contributed by atoms with Crippen LogP contribution in [0, 0.1) is 0 Å². The zero-order valence-corrected chi connectivity index (χ0v) is 10.7. The van der Waals surface area contributed by atoms with E-state index < -0.39 is 0 Å². The Bertz CT molecular complexity index is 111. The summed E-state index contributed by atoms with van der Waals surface area (Å²) in [5.41, 5.74) is 0. The number of unbranched alkanes of at least 4 members (excludes halogenated alkanes) is 1. The second-order valence-electron chi connectivity index (χ2n) is 3.64. The third kappa shape index (κ3) is 10.4. The Balaban J connectivity index is 2.92. The SMILES string of the molecule is CNC(C)CCCCSCCCOC. The van der Waals surface area contributed by atoms with Gasteiger partial charge in [0.2, 0.25) is 0 Å². The lowest BCUT2D eigenvalue weighted by atomic mass is 10.1. The van der Waals surface area contributed by atoms with E-state index in [1.807, 2.05) is 7.05 Å². The first-order valence-electron chi connectivity index (χ1n) is 5.55. The van der Waals surface area contributed by atoms with Crippen LogP contribution in [-0.4, -0.2) is 38.3 Å². The van der Waals surface area contributed by atoms with Crippen LogP contribution in [0.4, 0.5) is 0 Å². The summed E-state index contributed by atoms with van der Waals surface area (Å²) < 4.78 is 4.99. The van der Waals surface area contributed by atoms with E-state index in [1.54, 1.807) is 7.11 Å². The van der Waals surface area contributed by atoms with Gasteiger partial charge in [0.15, 0.2) is 0 Å². The van der Waals surface area contributed by atoms with E-state index in [9.17, 15) is 0 Å². The van der Waals surface area contributed by atoms with Crippen LogP contribution in [0.2, 0.25) is 0 Å². The molecule has 0 aromatic heterocycles. The van der Waals surface area contributed by atoms with Gasteiger partial charge in [0.1, 0.15) is 0 Å². The molecular formula is C11H25NOS. The fourth-order valence-corrected chi connectivity index (χ4v) is 2.14. The van der Waals surface area contributed by atoms with Crippen molar-refractivity contribution in [3.63, 3.8) is 0 Å². The summed E-state index contributed by atoms with van der Waals surface area (Å²) in [6.45, 7) is 3.15. The number of methoxy groups -OCH3 is 1. The minimum absolute atomic E-state index is 0.675. The normalized spacial score (nSPS) is 13.1. The van der Waals surface area contributed by atoms with Crippen molar-refractivity contribution in [2.45, 2.75) is 38.6 Å². The molecule has 0 spiro atoms. The van der Waals surface area contributed by atoms with E-state index in [1.165, 1.54) is 37.2 Å². The minimum atomic E-state index is 0.675. The van der Waals surface area contributed by atoms with Gasteiger partial charge >= 0.3 is 0 Å². The van der Waals surface area contributed by atoms with Gasteiger partial charge < -0.3 is 10.1 Å². The first-order valence-corrected chi connectivity index (χ1v) is 6.70. The van der Waals surface area contributed by atoms with Gasteiger partial charge in [0, 0.05) is 19.8 Å². The average molecular weight is 219 g/mol.